The number of aliphatic carboxylic acids is 1. The highest BCUT2D eigenvalue weighted by Gasteiger charge is 2.15. The van der Waals surface area contributed by atoms with E-state index < -0.39 is 5.97 Å². The molecular weight excluding hydrogens is 232 g/mol. The van der Waals surface area contributed by atoms with Crippen LogP contribution in [0.3, 0.4) is 0 Å². The summed E-state index contributed by atoms with van der Waals surface area (Å²) >= 11 is 0. The van der Waals surface area contributed by atoms with Gasteiger partial charge in [-0.3, -0.25) is 4.79 Å². The van der Waals surface area contributed by atoms with Crippen LogP contribution in [-0.2, 0) is 4.79 Å². The number of aromatic nitrogens is 3. The predicted molar refractivity (Wildman–Crippen MR) is 67.5 cm³/mol. The lowest BCUT2D eigenvalue weighted by Crippen LogP contribution is -2.23. The van der Waals surface area contributed by atoms with E-state index in [1.165, 1.54) is 0 Å². The van der Waals surface area contributed by atoms with Crippen molar-refractivity contribution in [3.8, 4) is 0 Å². The Morgan fingerprint density at radius 1 is 1.56 bits per heavy atom. The van der Waals surface area contributed by atoms with Crippen molar-refractivity contribution in [2.75, 3.05) is 11.9 Å². The van der Waals surface area contributed by atoms with Gasteiger partial charge in [0.25, 0.3) is 0 Å². The first-order valence-electron chi connectivity index (χ1n) is 5.97. The van der Waals surface area contributed by atoms with Crippen LogP contribution in [-0.4, -0.2) is 32.2 Å². The van der Waals surface area contributed by atoms with Gasteiger partial charge >= 0.3 is 5.97 Å². The Morgan fingerprint density at radius 2 is 2.39 bits per heavy atom. The molecular formula is C12H16N4O2. The van der Waals surface area contributed by atoms with E-state index in [-0.39, 0.29) is 5.92 Å². The average Bonchev–Trinajstić information content (AvgIpc) is 2.81. The van der Waals surface area contributed by atoms with Crippen molar-refractivity contribution in [3.63, 3.8) is 0 Å². The van der Waals surface area contributed by atoms with Crippen molar-refractivity contribution < 1.29 is 9.90 Å². The molecule has 6 nitrogen and oxygen atoms in total. The van der Waals surface area contributed by atoms with Gasteiger partial charge in [-0.1, -0.05) is 13.3 Å². The average molecular weight is 248 g/mol. The Hall–Kier alpha value is -2.11. The zero-order chi connectivity index (χ0) is 13.0. The van der Waals surface area contributed by atoms with Crippen molar-refractivity contribution in [2.45, 2.75) is 19.8 Å². The van der Waals surface area contributed by atoms with Crippen LogP contribution in [0.2, 0.25) is 0 Å². The molecule has 0 spiro atoms. The Kier molecular flexibility index (Phi) is 3.76. The molecule has 0 radical (unpaired) electrons. The first-order chi connectivity index (χ1) is 8.70. The molecule has 1 unspecified atom stereocenters. The summed E-state index contributed by atoms with van der Waals surface area (Å²) in [6, 6.07) is 3.58. The summed E-state index contributed by atoms with van der Waals surface area (Å²) < 4.78 is 1.66. The van der Waals surface area contributed by atoms with Gasteiger partial charge in [-0.05, 0) is 12.5 Å². The van der Waals surface area contributed by atoms with Crippen molar-refractivity contribution in [1.29, 1.82) is 0 Å². The first-order valence-corrected chi connectivity index (χ1v) is 5.97. The fraction of sp³-hybridized carbons (Fsp3) is 0.417. The van der Waals surface area contributed by atoms with Crippen LogP contribution in [0, 0.1) is 5.92 Å². The van der Waals surface area contributed by atoms with Crippen molar-refractivity contribution >= 4 is 17.4 Å². The lowest BCUT2D eigenvalue weighted by Gasteiger charge is -2.12. The molecule has 0 fully saturated rings. The zero-order valence-electron chi connectivity index (χ0n) is 10.2. The number of anilines is 1. The van der Waals surface area contributed by atoms with Crippen LogP contribution in [0.25, 0.3) is 5.65 Å². The smallest absolute Gasteiger partial charge is 0.308 e. The summed E-state index contributed by atoms with van der Waals surface area (Å²) in [5, 5.41) is 16.2. The largest absolute Gasteiger partial charge is 0.481 e. The summed E-state index contributed by atoms with van der Waals surface area (Å²) in [6.07, 6.45) is 4.98. The van der Waals surface area contributed by atoms with E-state index in [9.17, 15) is 4.79 Å². The monoisotopic (exact) mass is 248 g/mol. The molecule has 18 heavy (non-hydrogen) atoms. The molecule has 2 heterocycles. The molecule has 2 aromatic rings. The lowest BCUT2D eigenvalue weighted by molar-refractivity contribution is -0.141. The van der Waals surface area contributed by atoms with Gasteiger partial charge in [0.15, 0.2) is 5.65 Å². The van der Waals surface area contributed by atoms with Crippen molar-refractivity contribution in [1.82, 2.24) is 14.6 Å². The first kappa shape index (κ1) is 12.3. The standard InChI is InChI=1S/C12H16N4O2/c1-2-3-9(12(17)18)8-13-10-5-7-16-11(15-10)4-6-14-16/h4-7,9H,2-3,8H2,1H3,(H,13,15)(H,17,18). The number of carbonyl (C=O) groups is 1. The number of hydrogen-bond donors (Lipinski definition) is 2. The quantitative estimate of drug-likeness (QED) is 0.812. The van der Waals surface area contributed by atoms with E-state index in [1.54, 1.807) is 29.0 Å². The fourth-order valence-corrected chi connectivity index (χ4v) is 1.80. The molecule has 0 saturated heterocycles. The van der Waals surface area contributed by atoms with Gasteiger partial charge in [0.1, 0.15) is 5.82 Å². The Morgan fingerprint density at radius 3 is 3.11 bits per heavy atom. The van der Waals surface area contributed by atoms with Gasteiger partial charge in [0.05, 0.1) is 12.1 Å². The second-order valence-corrected chi connectivity index (χ2v) is 4.15. The number of nitrogens with zero attached hydrogens (tertiary/aromatic N) is 3. The third-order valence-electron chi connectivity index (χ3n) is 2.77. The molecule has 0 amide bonds. The van der Waals surface area contributed by atoms with E-state index in [0.717, 1.165) is 12.1 Å². The Bertz CT molecular complexity index is 538. The summed E-state index contributed by atoms with van der Waals surface area (Å²) in [4.78, 5) is 15.3. The number of carboxylic acids is 1. The number of fused-ring (bicyclic) bond motifs is 1. The molecule has 1 atom stereocenters. The molecule has 2 rings (SSSR count). The molecule has 96 valence electrons. The van der Waals surface area contributed by atoms with Crippen LogP contribution < -0.4 is 5.32 Å². The lowest BCUT2D eigenvalue weighted by atomic mass is 10.0. The minimum absolute atomic E-state index is 0.377. The molecule has 6 heteroatoms. The van der Waals surface area contributed by atoms with Crippen molar-refractivity contribution in [2.24, 2.45) is 5.92 Å². The molecule has 0 bridgehead atoms. The molecule has 0 saturated carbocycles. The molecule has 2 aromatic heterocycles. The normalized spacial score (nSPS) is 12.5. The van der Waals surface area contributed by atoms with E-state index >= 15 is 0 Å². The van der Waals surface area contributed by atoms with Crippen molar-refractivity contribution in [3.05, 3.63) is 24.5 Å². The minimum Gasteiger partial charge on any atom is -0.481 e. The van der Waals surface area contributed by atoms with Crippen LogP contribution in [0.5, 0.6) is 0 Å². The fourth-order valence-electron chi connectivity index (χ4n) is 1.80. The Balaban J connectivity index is 2.01. The number of rotatable bonds is 6. The summed E-state index contributed by atoms with van der Waals surface area (Å²) in [5.41, 5.74) is 0.738. The highest BCUT2D eigenvalue weighted by Crippen LogP contribution is 2.10. The number of nitrogens with one attached hydrogen (secondary N) is 1. The zero-order valence-corrected chi connectivity index (χ0v) is 10.2. The van der Waals surface area contributed by atoms with E-state index in [1.807, 2.05) is 6.92 Å². The molecule has 0 aliphatic carbocycles. The van der Waals surface area contributed by atoms with Crippen LogP contribution in [0.15, 0.2) is 24.5 Å². The summed E-state index contributed by atoms with van der Waals surface area (Å²) in [6.45, 7) is 2.37. The summed E-state index contributed by atoms with van der Waals surface area (Å²) in [7, 11) is 0. The third-order valence-corrected chi connectivity index (χ3v) is 2.77. The van der Waals surface area contributed by atoms with Gasteiger partial charge in [-0.2, -0.15) is 5.10 Å². The van der Waals surface area contributed by atoms with Gasteiger partial charge < -0.3 is 10.4 Å². The van der Waals surface area contributed by atoms with E-state index in [0.29, 0.717) is 18.8 Å². The third kappa shape index (κ3) is 2.77. The SMILES string of the molecule is CCCC(CNc1ccn2nccc2n1)C(=O)O. The second kappa shape index (κ2) is 5.48. The van der Waals surface area contributed by atoms with E-state index in [2.05, 4.69) is 15.4 Å². The van der Waals surface area contributed by atoms with Gasteiger partial charge in [-0.15, -0.1) is 0 Å². The number of hydrogen-bond acceptors (Lipinski definition) is 4. The highest BCUT2D eigenvalue weighted by molar-refractivity contribution is 5.70. The number of carboxylic acid groups (broad SMARTS) is 1. The van der Waals surface area contributed by atoms with Crippen LogP contribution in [0.4, 0.5) is 5.82 Å². The topological polar surface area (TPSA) is 79.5 Å². The van der Waals surface area contributed by atoms with Gasteiger partial charge in [0, 0.05) is 18.8 Å². The Labute approximate surface area is 105 Å². The molecule has 0 aliphatic heterocycles. The predicted octanol–water partition coefficient (Wildman–Crippen LogP) is 1.64. The molecule has 0 aromatic carbocycles. The van der Waals surface area contributed by atoms with Gasteiger partial charge in [0.2, 0.25) is 0 Å². The maximum atomic E-state index is 11.0. The second-order valence-electron chi connectivity index (χ2n) is 4.15. The van der Waals surface area contributed by atoms with E-state index in [4.69, 9.17) is 5.11 Å². The summed E-state index contributed by atoms with van der Waals surface area (Å²) in [5.74, 6) is -0.474. The van der Waals surface area contributed by atoms with Gasteiger partial charge in [-0.25, -0.2) is 9.50 Å². The highest BCUT2D eigenvalue weighted by atomic mass is 16.4. The maximum Gasteiger partial charge on any atom is 0.308 e. The minimum atomic E-state index is -0.769. The maximum absolute atomic E-state index is 11.0. The van der Waals surface area contributed by atoms with Crippen LogP contribution in [0.1, 0.15) is 19.8 Å². The molecule has 0 aliphatic rings. The van der Waals surface area contributed by atoms with Crippen LogP contribution >= 0.6 is 0 Å². The molecule has 2 N–H and O–H groups in total.